The van der Waals surface area contributed by atoms with Gasteiger partial charge in [-0.05, 0) is 49.6 Å². The van der Waals surface area contributed by atoms with Crippen molar-refractivity contribution in [1.82, 2.24) is 19.4 Å². The number of aromatic nitrogens is 3. The Morgan fingerprint density at radius 2 is 2.05 bits per heavy atom. The highest BCUT2D eigenvalue weighted by Crippen LogP contribution is 2.40. The van der Waals surface area contributed by atoms with Gasteiger partial charge in [-0.15, -0.1) is 11.3 Å². The minimum Gasteiger partial charge on any atom is -0.447 e. The molecule has 0 aliphatic carbocycles. The van der Waals surface area contributed by atoms with Crippen LogP contribution in [0.15, 0.2) is 47.4 Å². The van der Waals surface area contributed by atoms with E-state index in [0.29, 0.717) is 64.5 Å². The molecule has 2 atom stereocenters. The Morgan fingerprint density at radius 1 is 1.26 bits per heavy atom. The van der Waals surface area contributed by atoms with Crippen LogP contribution in [0, 0.1) is 18.3 Å². The highest BCUT2D eigenvalue weighted by molar-refractivity contribution is 7.15. The van der Waals surface area contributed by atoms with Crippen LogP contribution < -0.4 is 10.9 Å². The molecular formula is C29H26F2N6O4S. The molecule has 10 nitrogen and oxygen atoms in total. The lowest BCUT2D eigenvalue weighted by Crippen LogP contribution is -2.45. The molecule has 2 aromatic heterocycles. The highest BCUT2D eigenvalue weighted by atomic mass is 32.1. The van der Waals surface area contributed by atoms with E-state index in [9.17, 15) is 18.4 Å². The predicted molar refractivity (Wildman–Crippen MR) is 152 cm³/mol. The standard InChI is InChI=1S/C29H26F2N6O4S/c1-16-34-24-9-21(26-33-12-25(42-26)29(30,31)15-38)23(35-19-6-7-36-20(8-19)14-41-28(36)40)10-22(24)27(39)37(16)13-18-4-2-17(11-32)3-5-18/h2-5,9-10,12,19-20,35,38H,6-8,13-15H2,1H3/t19-,20-/m0/s1. The van der Waals surface area contributed by atoms with Crippen molar-refractivity contribution >= 4 is 34.0 Å². The molecule has 6 rings (SSSR count). The minimum atomic E-state index is -3.43. The third-order valence-electron chi connectivity index (χ3n) is 7.71. The lowest BCUT2D eigenvalue weighted by atomic mass is 9.97. The van der Waals surface area contributed by atoms with Gasteiger partial charge in [0.05, 0.1) is 40.0 Å². The molecule has 2 fully saturated rings. The zero-order valence-electron chi connectivity index (χ0n) is 22.5. The molecule has 0 spiro atoms. The van der Waals surface area contributed by atoms with E-state index in [4.69, 9.17) is 15.1 Å². The fourth-order valence-electron chi connectivity index (χ4n) is 5.43. The van der Waals surface area contributed by atoms with Crippen LogP contribution in [0.4, 0.5) is 19.3 Å². The van der Waals surface area contributed by atoms with Gasteiger partial charge in [0.25, 0.3) is 5.56 Å². The molecule has 2 saturated heterocycles. The van der Waals surface area contributed by atoms with Crippen LogP contribution in [0.5, 0.6) is 0 Å². The van der Waals surface area contributed by atoms with Crippen molar-refractivity contribution in [3.63, 3.8) is 0 Å². The summed E-state index contributed by atoms with van der Waals surface area (Å²) in [4.78, 5) is 36.0. The lowest BCUT2D eigenvalue weighted by Gasteiger charge is -2.33. The first-order valence-corrected chi connectivity index (χ1v) is 14.2. The highest BCUT2D eigenvalue weighted by Gasteiger charge is 2.38. The van der Waals surface area contributed by atoms with Crippen molar-refractivity contribution in [3.05, 3.63) is 74.8 Å². The van der Waals surface area contributed by atoms with E-state index in [0.717, 1.165) is 23.1 Å². The minimum absolute atomic E-state index is 0.0728. The Bertz CT molecular complexity index is 1780. The van der Waals surface area contributed by atoms with Gasteiger partial charge >= 0.3 is 12.0 Å². The van der Waals surface area contributed by atoms with Gasteiger partial charge in [-0.1, -0.05) is 12.1 Å². The number of amides is 1. The SMILES string of the molecule is Cc1nc2cc(-c3ncc(C(F)(F)CO)s3)c(N[C@H]3CCN4C(=O)OC[C@@H]4C3)cc2c(=O)n1Cc1ccc(C#N)cc1. The first-order valence-electron chi connectivity index (χ1n) is 13.4. The van der Waals surface area contributed by atoms with Crippen molar-refractivity contribution < 1.29 is 23.4 Å². The number of hydrogen-bond acceptors (Lipinski definition) is 9. The Labute approximate surface area is 242 Å². The van der Waals surface area contributed by atoms with E-state index in [-0.39, 0.29) is 35.2 Å². The third-order valence-corrected chi connectivity index (χ3v) is 8.85. The van der Waals surface area contributed by atoms with Crippen LogP contribution >= 0.6 is 11.3 Å². The Hall–Kier alpha value is -4.41. The normalized spacial score (nSPS) is 18.5. The Kier molecular flexibility index (Phi) is 7.12. The zero-order chi connectivity index (χ0) is 29.6. The molecule has 13 heteroatoms. The van der Waals surface area contributed by atoms with Crippen LogP contribution in [-0.4, -0.2) is 62.5 Å². The summed E-state index contributed by atoms with van der Waals surface area (Å²) in [6.07, 6.45) is 1.97. The van der Waals surface area contributed by atoms with Crippen LogP contribution in [0.1, 0.15) is 34.7 Å². The van der Waals surface area contributed by atoms with Crippen molar-refractivity contribution in [2.45, 2.75) is 44.3 Å². The number of halogens is 2. The average Bonchev–Trinajstić information content (AvgIpc) is 3.63. The molecule has 0 radical (unpaired) electrons. The van der Waals surface area contributed by atoms with Gasteiger partial charge in [0, 0.05) is 30.0 Å². The number of benzene rings is 2. The summed E-state index contributed by atoms with van der Waals surface area (Å²) >= 11 is 0.766. The number of carbonyl (C=O) groups excluding carboxylic acids is 1. The number of cyclic esters (lactones) is 1. The largest absolute Gasteiger partial charge is 0.447 e. The number of anilines is 1. The number of piperidine rings is 1. The summed E-state index contributed by atoms with van der Waals surface area (Å²) in [7, 11) is 0. The number of aliphatic hydroxyl groups is 1. The topological polar surface area (TPSA) is 133 Å². The maximum atomic E-state index is 14.3. The third kappa shape index (κ3) is 5.08. The van der Waals surface area contributed by atoms with E-state index < -0.39 is 12.5 Å². The van der Waals surface area contributed by atoms with Crippen molar-refractivity contribution in [1.29, 1.82) is 5.26 Å². The average molecular weight is 593 g/mol. The number of fused-ring (bicyclic) bond motifs is 2. The van der Waals surface area contributed by atoms with Crippen molar-refractivity contribution in [2.75, 3.05) is 25.1 Å². The van der Waals surface area contributed by atoms with Gasteiger partial charge in [0.1, 0.15) is 24.0 Å². The molecular weight excluding hydrogens is 566 g/mol. The maximum Gasteiger partial charge on any atom is 0.410 e. The van der Waals surface area contributed by atoms with E-state index >= 15 is 0 Å². The van der Waals surface area contributed by atoms with E-state index in [1.54, 1.807) is 52.8 Å². The molecule has 0 unspecified atom stereocenters. The summed E-state index contributed by atoms with van der Waals surface area (Å²) in [5.74, 6) is -2.97. The second-order valence-corrected chi connectivity index (χ2v) is 11.5. The summed E-state index contributed by atoms with van der Waals surface area (Å²) in [6.45, 7) is 1.45. The van der Waals surface area contributed by atoms with Gasteiger partial charge < -0.3 is 20.1 Å². The molecule has 4 aromatic rings. The molecule has 2 aromatic carbocycles. The Morgan fingerprint density at radius 3 is 2.79 bits per heavy atom. The number of ether oxygens (including phenoxy) is 1. The number of aliphatic hydroxyl groups excluding tert-OH is 1. The number of nitrogens with one attached hydrogen (secondary N) is 1. The van der Waals surface area contributed by atoms with Gasteiger partial charge in [0.15, 0.2) is 0 Å². The fourth-order valence-corrected chi connectivity index (χ4v) is 6.34. The number of carbonyl (C=O) groups is 1. The van der Waals surface area contributed by atoms with Gasteiger partial charge in [0.2, 0.25) is 0 Å². The second kappa shape index (κ2) is 10.8. The Balaban J connectivity index is 1.42. The molecule has 1 amide bonds. The molecule has 4 heterocycles. The van der Waals surface area contributed by atoms with E-state index in [1.807, 2.05) is 0 Å². The van der Waals surface area contributed by atoms with E-state index in [2.05, 4.69) is 21.4 Å². The molecule has 2 N–H and O–H groups in total. The molecule has 2 aliphatic heterocycles. The van der Waals surface area contributed by atoms with Crippen LogP contribution in [0.25, 0.3) is 21.5 Å². The maximum absolute atomic E-state index is 14.3. The molecule has 42 heavy (non-hydrogen) atoms. The monoisotopic (exact) mass is 592 g/mol. The van der Waals surface area contributed by atoms with Gasteiger partial charge in [-0.25, -0.2) is 14.8 Å². The summed E-state index contributed by atoms with van der Waals surface area (Å²) in [6, 6.07) is 12.2. The number of nitrogens with zero attached hydrogens (tertiary/aromatic N) is 5. The second-order valence-electron chi connectivity index (χ2n) is 10.5. The number of thiazole rings is 1. The number of rotatable bonds is 7. The first-order chi connectivity index (χ1) is 20.2. The molecule has 0 saturated carbocycles. The fraction of sp³-hybridized carbons (Fsp3) is 0.345. The molecule has 2 aliphatic rings. The summed E-state index contributed by atoms with van der Waals surface area (Å²) in [5, 5.41) is 22.4. The number of hydrogen-bond donors (Lipinski definition) is 2. The molecule has 0 bridgehead atoms. The first kappa shape index (κ1) is 27.7. The smallest absolute Gasteiger partial charge is 0.410 e. The zero-order valence-corrected chi connectivity index (χ0v) is 23.3. The van der Waals surface area contributed by atoms with Crippen molar-refractivity contribution in [2.24, 2.45) is 0 Å². The van der Waals surface area contributed by atoms with Crippen molar-refractivity contribution in [3.8, 4) is 16.6 Å². The lowest BCUT2D eigenvalue weighted by molar-refractivity contribution is -0.0525. The van der Waals surface area contributed by atoms with Crippen LogP contribution in [0.2, 0.25) is 0 Å². The van der Waals surface area contributed by atoms with Crippen LogP contribution in [-0.2, 0) is 17.2 Å². The predicted octanol–water partition coefficient (Wildman–Crippen LogP) is 4.23. The van der Waals surface area contributed by atoms with Gasteiger partial charge in [-0.2, -0.15) is 14.0 Å². The quantitative estimate of drug-likeness (QED) is 0.326. The number of alkyl halides is 2. The molecule has 216 valence electrons. The van der Waals surface area contributed by atoms with E-state index in [1.165, 1.54) is 0 Å². The number of nitriles is 1. The summed E-state index contributed by atoms with van der Waals surface area (Å²) < 4.78 is 35.3. The van der Waals surface area contributed by atoms with Gasteiger partial charge in [-0.3, -0.25) is 9.36 Å². The number of aryl methyl sites for hydroxylation is 1. The summed E-state index contributed by atoms with van der Waals surface area (Å²) in [5.41, 5.74) is 2.51. The van der Waals surface area contributed by atoms with Crippen LogP contribution in [0.3, 0.4) is 0 Å².